The molecule has 3 rings (SSSR count). The molecule has 0 saturated carbocycles. The normalized spacial score (nSPS) is 8.42. The van der Waals surface area contributed by atoms with Crippen molar-refractivity contribution in [3.05, 3.63) is 105 Å². The first-order valence-corrected chi connectivity index (χ1v) is 8.78. The average Bonchev–Trinajstić information content (AvgIpc) is 2.60. The van der Waals surface area contributed by atoms with Crippen LogP contribution in [0.5, 0.6) is 0 Å². The molecule has 0 aliphatic carbocycles. The van der Waals surface area contributed by atoms with Crippen LogP contribution in [0.15, 0.2) is 54.6 Å². The SMILES string of the molecule is C.C.C.C.Cc1cc(F)c(C)c(F)c1.Cc1ccc(C)c(F)c1.Cc1ccc(C)cc1. The van der Waals surface area contributed by atoms with E-state index in [0.717, 1.165) is 5.56 Å². The van der Waals surface area contributed by atoms with Gasteiger partial charge in [0.2, 0.25) is 0 Å². The molecule has 0 amide bonds. The van der Waals surface area contributed by atoms with Crippen molar-refractivity contribution in [2.24, 2.45) is 0 Å². The van der Waals surface area contributed by atoms with Crippen LogP contribution in [-0.2, 0) is 0 Å². The minimum atomic E-state index is -0.475. The molecule has 0 saturated heterocycles. The second-order valence-corrected chi connectivity index (χ2v) is 6.76. The van der Waals surface area contributed by atoms with Gasteiger partial charge in [-0.2, -0.15) is 0 Å². The minimum Gasteiger partial charge on any atom is -0.207 e. The van der Waals surface area contributed by atoms with Crippen molar-refractivity contribution in [2.45, 2.75) is 71.2 Å². The van der Waals surface area contributed by atoms with Crippen molar-refractivity contribution in [2.75, 3.05) is 0 Å². The Hall–Kier alpha value is -2.55. The fourth-order valence-corrected chi connectivity index (χ4v) is 2.11. The molecule has 0 N–H and O–H groups in total. The van der Waals surface area contributed by atoms with Crippen LogP contribution in [-0.4, -0.2) is 0 Å². The number of benzene rings is 3. The van der Waals surface area contributed by atoms with Gasteiger partial charge in [-0.3, -0.25) is 0 Å². The molecule has 0 aliphatic heterocycles. The van der Waals surface area contributed by atoms with Crippen LogP contribution in [0.3, 0.4) is 0 Å². The van der Waals surface area contributed by atoms with Crippen LogP contribution in [0.2, 0.25) is 0 Å². The van der Waals surface area contributed by atoms with E-state index in [2.05, 4.69) is 38.1 Å². The molecule has 0 aromatic heterocycles. The second kappa shape index (κ2) is 17.2. The highest BCUT2D eigenvalue weighted by atomic mass is 19.1. The van der Waals surface area contributed by atoms with Crippen molar-refractivity contribution < 1.29 is 13.2 Å². The summed E-state index contributed by atoms with van der Waals surface area (Å²) in [5.41, 5.74) is 5.04. The van der Waals surface area contributed by atoms with Crippen LogP contribution in [0, 0.1) is 59.0 Å². The maximum absolute atomic E-state index is 12.6. The number of rotatable bonds is 0. The summed E-state index contributed by atoms with van der Waals surface area (Å²) >= 11 is 0. The summed E-state index contributed by atoms with van der Waals surface area (Å²) in [6.45, 7) is 10.9. The molecule has 0 unspecified atom stereocenters. The first-order valence-electron chi connectivity index (χ1n) is 8.78. The van der Waals surface area contributed by atoms with Crippen molar-refractivity contribution in [1.29, 1.82) is 0 Å². The molecule has 0 aliphatic rings. The Bertz CT molecular complexity index is 822. The van der Waals surface area contributed by atoms with Crippen LogP contribution in [0.4, 0.5) is 13.2 Å². The molecule has 0 nitrogen and oxygen atoms in total. The lowest BCUT2D eigenvalue weighted by molar-refractivity contribution is 0.566. The van der Waals surface area contributed by atoms with Gasteiger partial charge in [0.1, 0.15) is 17.5 Å². The molecular formula is C28H43F3. The number of aryl methyl sites for hydroxylation is 5. The van der Waals surface area contributed by atoms with E-state index in [1.807, 2.05) is 13.0 Å². The molecule has 176 valence electrons. The Balaban J connectivity index is -0.000000166. The maximum atomic E-state index is 12.6. The van der Waals surface area contributed by atoms with Gasteiger partial charge in [0.05, 0.1) is 0 Å². The van der Waals surface area contributed by atoms with Crippen molar-refractivity contribution >= 4 is 0 Å². The molecule has 31 heavy (non-hydrogen) atoms. The molecule has 3 aromatic rings. The monoisotopic (exact) mass is 436 g/mol. The van der Waals surface area contributed by atoms with Gasteiger partial charge >= 0.3 is 0 Å². The van der Waals surface area contributed by atoms with Gasteiger partial charge in [0, 0.05) is 5.56 Å². The second-order valence-electron chi connectivity index (χ2n) is 6.76. The Morgan fingerprint density at radius 1 is 0.419 bits per heavy atom. The van der Waals surface area contributed by atoms with Gasteiger partial charge < -0.3 is 0 Å². The summed E-state index contributed by atoms with van der Waals surface area (Å²) < 4.78 is 37.8. The number of hydrogen-bond donors (Lipinski definition) is 0. The third-order valence-electron chi connectivity index (χ3n) is 3.97. The van der Waals surface area contributed by atoms with Gasteiger partial charge in [0.15, 0.2) is 0 Å². The topological polar surface area (TPSA) is 0 Å². The Labute approximate surface area is 190 Å². The fourth-order valence-electron chi connectivity index (χ4n) is 2.11. The summed E-state index contributed by atoms with van der Waals surface area (Å²) in [6.07, 6.45) is 0. The van der Waals surface area contributed by atoms with Crippen LogP contribution >= 0.6 is 0 Å². The zero-order valence-electron chi connectivity index (χ0n) is 16.8. The smallest absolute Gasteiger partial charge is 0.129 e. The molecule has 0 bridgehead atoms. The molecule has 3 heteroatoms. The quantitative estimate of drug-likeness (QED) is 0.329. The predicted octanol–water partition coefficient (Wildman–Crippen LogP) is 9.87. The largest absolute Gasteiger partial charge is 0.207 e. The zero-order chi connectivity index (χ0) is 20.6. The lowest BCUT2D eigenvalue weighted by Gasteiger charge is -1.98. The molecule has 0 radical (unpaired) electrons. The molecule has 3 aromatic carbocycles. The first kappa shape index (κ1) is 35.9. The van der Waals surface area contributed by atoms with Crippen LogP contribution in [0.1, 0.15) is 63.1 Å². The van der Waals surface area contributed by atoms with E-state index >= 15 is 0 Å². The summed E-state index contributed by atoms with van der Waals surface area (Å²) in [6, 6.07) is 16.3. The highest BCUT2D eigenvalue weighted by molar-refractivity contribution is 5.24. The summed E-state index contributed by atoms with van der Waals surface area (Å²) in [4.78, 5) is 0. The third-order valence-corrected chi connectivity index (χ3v) is 3.97. The van der Waals surface area contributed by atoms with Crippen molar-refractivity contribution in [3.8, 4) is 0 Å². The number of halogens is 3. The van der Waals surface area contributed by atoms with Gasteiger partial charge in [-0.1, -0.05) is 77.2 Å². The van der Waals surface area contributed by atoms with Gasteiger partial charge in [-0.25, -0.2) is 13.2 Å². The van der Waals surface area contributed by atoms with Crippen molar-refractivity contribution in [3.63, 3.8) is 0 Å². The first-order chi connectivity index (χ1) is 12.6. The maximum Gasteiger partial charge on any atom is 0.129 e. The fraction of sp³-hybridized carbons (Fsp3) is 0.357. The Morgan fingerprint density at radius 2 is 0.742 bits per heavy atom. The highest BCUT2D eigenvalue weighted by Gasteiger charge is 2.03. The number of hydrogen-bond acceptors (Lipinski definition) is 0. The van der Waals surface area contributed by atoms with Crippen molar-refractivity contribution in [1.82, 2.24) is 0 Å². The Morgan fingerprint density at radius 3 is 1.06 bits per heavy atom. The van der Waals surface area contributed by atoms with Crippen LogP contribution < -0.4 is 0 Å². The van der Waals surface area contributed by atoms with Gasteiger partial charge in [-0.15, -0.1) is 0 Å². The van der Waals surface area contributed by atoms with E-state index in [0.29, 0.717) is 11.1 Å². The van der Waals surface area contributed by atoms with E-state index in [9.17, 15) is 13.2 Å². The van der Waals surface area contributed by atoms with Gasteiger partial charge in [0.25, 0.3) is 0 Å². The van der Waals surface area contributed by atoms with Crippen LogP contribution in [0.25, 0.3) is 0 Å². The predicted molar refractivity (Wildman–Crippen MR) is 135 cm³/mol. The lowest BCUT2D eigenvalue weighted by atomic mass is 10.1. The molecule has 0 atom stereocenters. The molecule has 0 spiro atoms. The van der Waals surface area contributed by atoms with E-state index in [4.69, 9.17) is 0 Å². The van der Waals surface area contributed by atoms with E-state index in [1.165, 1.54) is 36.2 Å². The summed E-state index contributed by atoms with van der Waals surface area (Å²) in [5, 5.41) is 0. The van der Waals surface area contributed by atoms with E-state index in [-0.39, 0.29) is 41.1 Å². The minimum absolute atomic E-state index is 0. The van der Waals surface area contributed by atoms with E-state index in [1.54, 1.807) is 19.9 Å². The lowest BCUT2D eigenvalue weighted by Crippen LogP contribution is -1.88. The third kappa shape index (κ3) is 13.4. The molecular weight excluding hydrogens is 393 g/mol. The average molecular weight is 437 g/mol. The highest BCUT2D eigenvalue weighted by Crippen LogP contribution is 2.12. The molecule has 0 heterocycles. The summed E-state index contributed by atoms with van der Waals surface area (Å²) in [5.74, 6) is -1.06. The summed E-state index contributed by atoms with van der Waals surface area (Å²) in [7, 11) is 0. The standard InChI is InChI=1S/C8H8F2.C8H9F.C8H10.4CH4/c1-5-3-7(9)6(2)8(10)4-5;1-6-3-4-7(2)8(9)5-6;1-7-3-5-8(2)6-4-7;;;;/h3-4H,1-2H3;3-5H,1-2H3;3-6H,1-2H3;4*1H4. The van der Waals surface area contributed by atoms with E-state index < -0.39 is 11.6 Å². The molecule has 0 fully saturated rings. The zero-order valence-corrected chi connectivity index (χ0v) is 16.8. The Kier molecular flexibility index (Phi) is 19.9. The van der Waals surface area contributed by atoms with Gasteiger partial charge in [-0.05, 0) is 76.4 Å².